The number of phenols is 1. The molecule has 1 heterocycles. The fourth-order valence-corrected chi connectivity index (χ4v) is 2.20. The second-order valence-corrected chi connectivity index (χ2v) is 4.47. The average Bonchev–Trinajstić information content (AvgIpc) is 2.51. The van der Waals surface area contributed by atoms with Crippen LogP contribution in [0.2, 0.25) is 0 Å². The molecule has 0 unspecified atom stereocenters. The van der Waals surface area contributed by atoms with E-state index in [0.29, 0.717) is 5.56 Å². The molecule has 5 heteroatoms. The first-order chi connectivity index (χ1) is 10.1. The Labute approximate surface area is 119 Å². The highest BCUT2D eigenvalue weighted by Crippen LogP contribution is 2.37. The van der Waals surface area contributed by atoms with E-state index in [1.54, 1.807) is 24.3 Å². The second-order valence-electron chi connectivity index (χ2n) is 4.47. The van der Waals surface area contributed by atoms with Crippen LogP contribution in [0.4, 0.5) is 0 Å². The first kappa shape index (κ1) is 13.1. The van der Waals surface area contributed by atoms with Crippen LogP contribution in [0.3, 0.4) is 0 Å². The number of aromatic hydroxyl groups is 2. The zero-order valence-electron chi connectivity index (χ0n) is 11.2. The van der Waals surface area contributed by atoms with E-state index in [1.165, 1.54) is 19.2 Å². The first-order valence-corrected chi connectivity index (χ1v) is 6.24. The third kappa shape index (κ3) is 1.99. The molecule has 106 valence electrons. The van der Waals surface area contributed by atoms with Crippen LogP contribution in [0.5, 0.6) is 17.2 Å². The van der Waals surface area contributed by atoms with Crippen molar-refractivity contribution < 1.29 is 19.4 Å². The number of rotatable bonds is 2. The maximum atomic E-state index is 12.3. The highest BCUT2D eigenvalue weighted by atomic mass is 16.5. The van der Waals surface area contributed by atoms with Crippen LogP contribution in [0, 0.1) is 0 Å². The van der Waals surface area contributed by atoms with E-state index in [4.69, 9.17) is 9.15 Å². The summed E-state index contributed by atoms with van der Waals surface area (Å²) in [6.45, 7) is 0. The zero-order chi connectivity index (χ0) is 15.0. The van der Waals surface area contributed by atoms with Crippen molar-refractivity contribution in [3.8, 4) is 28.6 Å². The van der Waals surface area contributed by atoms with E-state index in [9.17, 15) is 15.0 Å². The fourth-order valence-electron chi connectivity index (χ4n) is 2.20. The maximum Gasteiger partial charge on any atom is 0.235 e. The van der Waals surface area contributed by atoms with Gasteiger partial charge in [-0.2, -0.15) is 0 Å². The summed E-state index contributed by atoms with van der Waals surface area (Å²) in [7, 11) is 1.36. The monoisotopic (exact) mass is 284 g/mol. The van der Waals surface area contributed by atoms with Crippen LogP contribution in [-0.4, -0.2) is 17.3 Å². The van der Waals surface area contributed by atoms with Gasteiger partial charge in [-0.15, -0.1) is 0 Å². The Bertz CT molecular complexity index is 865. The smallest absolute Gasteiger partial charge is 0.235 e. The first-order valence-electron chi connectivity index (χ1n) is 6.24. The van der Waals surface area contributed by atoms with Crippen molar-refractivity contribution >= 4 is 11.0 Å². The highest BCUT2D eigenvalue weighted by molar-refractivity contribution is 5.88. The Hall–Kier alpha value is -2.95. The predicted octanol–water partition coefficient (Wildman–Crippen LogP) is 2.88. The van der Waals surface area contributed by atoms with E-state index in [2.05, 4.69) is 0 Å². The van der Waals surface area contributed by atoms with Crippen LogP contribution in [-0.2, 0) is 0 Å². The molecular formula is C16H12O5. The van der Waals surface area contributed by atoms with Gasteiger partial charge in [-0.05, 0) is 12.1 Å². The van der Waals surface area contributed by atoms with Crippen LogP contribution in [0.25, 0.3) is 22.3 Å². The Morgan fingerprint density at radius 2 is 1.76 bits per heavy atom. The second kappa shape index (κ2) is 4.86. The quantitative estimate of drug-likeness (QED) is 0.756. The fraction of sp³-hybridized carbons (Fsp3) is 0.0625. The van der Waals surface area contributed by atoms with Gasteiger partial charge in [-0.3, -0.25) is 4.79 Å². The lowest BCUT2D eigenvalue weighted by Gasteiger charge is -2.09. The summed E-state index contributed by atoms with van der Waals surface area (Å²) in [5.41, 5.74) is 0.0759. The number of fused-ring (bicyclic) bond motifs is 1. The summed E-state index contributed by atoms with van der Waals surface area (Å²) < 4.78 is 10.7. The lowest BCUT2D eigenvalue weighted by Crippen LogP contribution is -2.03. The van der Waals surface area contributed by atoms with Crippen LogP contribution < -0.4 is 10.2 Å². The van der Waals surface area contributed by atoms with Crippen molar-refractivity contribution in [3.63, 3.8) is 0 Å². The minimum Gasteiger partial charge on any atom is -0.504 e. The van der Waals surface area contributed by atoms with Gasteiger partial charge >= 0.3 is 0 Å². The molecule has 5 nitrogen and oxygen atoms in total. The molecule has 0 aliphatic carbocycles. The van der Waals surface area contributed by atoms with Gasteiger partial charge in [0.15, 0.2) is 17.1 Å². The molecule has 0 bridgehead atoms. The van der Waals surface area contributed by atoms with Crippen molar-refractivity contribution in [3.05, 3.63) is 52.7 Å². The summed E-state index contributed by atoms with van der Waals surface area (Å²) in [6, 6.07) is 11.5. The Balaban J connectivity index is 2.43. The lowest BCUT2D eigenvalue weighted by molar-refractivity contribution is 0.369. The Kier molecular flexibility index (Phi) is 3.02. The number of hydrogen-bond acceptors (Lipinski definition) is 5. The van der Waals surface area contributed by atoms with Gasteiger partial charge in [0.25, 0.3) is 0 Å². The molecule has 0 radical (unpaired) electrons. The molecule has 21 heavy (non-hydrogen) atoms. The molecule has 0 spiro atoms. The minimum atomic E-state index is -0.576. The summed E-state index contributed by atoms with van der Waals surface area (Å²) in [4.78, 5) is 12.3. The zero-order valence-corrected chi connectivity index (χ0v) is 11.2. The van der Waals surface area contributed by atoms with E-state index in [-0.39, 0.29) is 28.2 Å². The number of methoxy groups -OCH3 is 1. The molecule has 1 aromatic heterocycles. The molecule has 2 N–H and O–H groups in total. The van der Waals surface area contributed by atoms with Gasteiger partial charge in [-0.25, -0.2) is 0 Å². The van der Waals surface area contributed by atoms with Crippen LogP contribution in [0.15, 0.2) is 51.7 Å². The van der Waals surface area contributed by atoms with E-state index in [1.807, 2.05) is 6.07 Å². The summed E-state index contributed by atoms with van der Waals surface area (Å²) in [5.74, 6) is -0.516. The summed E-state index contributed by atoms with van der Waals surface area (Å²) in [5, 5.41) is 20.0. The van der Waals surface area contributed by atoms with E-state index < -0.39 is 11.2 Å². The van der Waals surface area contributed by atoms with Gasteiger partial charge in [-0.1, -0.05) is 30.3 Å². The third-order valence-corrected chi connectivity index (χ3v) is 3.21. The molecule has 0 aliphatic heterocycles. The van der Waals surface area contributed by atoms with Crippen molar-refractivity contribution in [2.45, 2.75) is 0 Å². The van der Waals surface area contributed by atoms with Gasteiger partial charge < -0.3 is 19.4 Å². The molecule has 0 atom stereocenters. The van der Waals surface area contributed by atoms with Crippen molar-refractivity contribution in [2.24, 2.45) is 0 Å². The predicted molar refractivity (Wildman–Crippen MR) is 77.8 cm³/mol. The Morgan fingerprint density at radius 3 is 2.43 bits per heavy atom. The van der Waals surface area contributed by atoms with Gasteiger partial charge in [0.2, 0.25) is 16.9 Å². The summed E-state index contributed by atoms with van der Waals surface area (Å²) in [6.07, 6.45) is 0. The molecule has 0 saturated carbocycles. The van der Waals surface area contributed by atoms with Crippen molar-refractivity contribution in [1.29, 1.82) is 0 Å². The molecule has 0 aliphatic rings. The third-order valence-electron chi connectivity index (χ3n) is 3.21. The van der Waals surface area contributed by atoms with Gasteiger partial charge in [0.05, 0.1) is 12.5 Å². The van der Waals surface area contributed by atoms with Gasteiger partial charge in [0, 0.05) is 5.56 Å². The minimum absolute atomic E-state index is 0.0389. The normalized spacial score (nSPS) is 10.7. The highest BCUT2D eigenvalue weighted by Gasteiger charge is 2.19. The Morgan fingerprint density at radius 1 is 1.05 bits per heavy atom. The SMILES string of the molecule is COc1c(O)ccc2c(=O)c(O)c(-c3ccccc3)oc12. The molecule has 0 saturated heterocycles. The standard InChI is InChI=1S/C16H12O5/c1-20-16-11(17)8-7-10-12(18)13(19)14(21-15(10)16)9-5-3-2-4-6-9/h2-8,17,19H,1H3. The van der Waals surface area contributed by atoms with Crippen molar-refractivity contribution in [1.82, 2.24) is 0 Å². The molecular weight excluding hydrogens is 272 g/mol. The lowest BCUT2D eigenvalue weighted by atomic mass is 10.1. The average molecular weight is 284 g/mol. The number of phenolic OH excluding ortho intramolecular Hbond substituents is 1. The van der Waals surface area contributed by atoms with E-state index >= 15 is 0 Å². The van der Waals surface area contributed by atoms with Crippen LogP contribution >= 0.6 is 0 Å². The number of hydrogen-bond donors (Lipinski definition) is 2. The topological polar surface area (TPSA) is 79.9 Å². The number of ether oxygens (including phenoxy) is 1. The number of benzene rings is 2. The molecule has 2 aromatic carbocycles. The molecule has 0 amide bonds. The maximum absolute atomic E-state index is 12.3. The van der Waals surface area contributed by atoms with E-state index in [0.717, 1.165) is 0 Å². The molecule has 3 aromatic rings. The molecule has 3 rings (SSSR count). The van der Waals surface area contributed by atoms with Crippen molar-refractivity contribution in [2.75, 3.05) is 7.11 Å². The largest absolute Gasteiger partial charge is 0.504 e. The molecule has 0 fully saturated rings. The summed E-state index contributed by atoms with van der Waals surface area (Å²) >= 11 is 0. The van der Waals surface area contributed by atoms with Crippen LogP contribution in [0.1, 0.15) is 0 Å². The van der Waals surface area contributed by atoms with Gasteiger partial charge in [0.1, 0.15) is 0 Å².